The van der Waals surface area contributed by atoms with E-state index in [1.54, 1.807) is 16.7 Å². The monoisotopic (exact) mass is 490 g/mol. The summed E-state index contributed by atoms with van der Waals surface area (Å²) < 4.78 is 43.0. The second-order valence-electron chi connectivity index (χ2n) is 8.52. The van der Waals surface area contributed by atoms with Crippen molar-refractivity contribution in [3.8, 4) is 5.69 Å². The fourth-order valence-electron chi connectivity index (χ4n) is 4.23. The smallest absolute Gasteiger partial charge is 0.320 e. The minimum absolute atomic E-state index is 0.0613. The fraction of sp³-hybridized carbons (Fsp3) is 0.148. The number of hydrogen-bond donors (Lipinski definition) is 0. The van der Waals surface area contributed by atoms with Gasteiger partial charge in [0.25, 0.3) is 5.56 Å². The van der Waals surface area contributed by atoms with Crippen molar-refractivity contribution < 1.29 is 13.2 Å². The van der Waals surface area contributed by atoms with Gasteiger partial charge in [0.05, 0.1) is 24.1 Å². The molecule has 2 heterocycles. The number of aromatic nitrogens is 4. The van der Waals surface area contributed by atoms with Crippen LogP contribution in [0, 0.1) is 6.92 Å². The Labute approximate surface area is 203 Å². The van der Waals surface area contributed by atoms with Crippen molar-refractivity contribution in [3.05, 3.63) is 128 Å². The van der Waals surface area contributed by atoms with E-state index in [9.17, 15) is 22.8 Å². The second-order valence-corrected chi connectivity index (χ2v) is 8.52. The van der Waals surface area contributed by atoms with E-state index in [1.807, 2.05) is 49.4 Å². The SMILES string of the molecule is Cc1ccccc1-n1c(=O)n(Cc2ccccc2)c(=O)c2c1ncn2Cc1ccc(C(F)(F)F)cc1. The van der Waals surface area contributed by atoms with Crippen molar-refractivity contribution in [2.75, 3.05) is 0 Å². The van der Waals surface area contributed by atoms with E-state index in [0.29, 0.717) is 11.3 Å². The molecule has 0 aliphatic carbocycles. The Morgan fingerprint density at radius 3 is 2.11 bits per heavy atom. The molecule has 5 aromatic rings. The third-order valence-corrected chi connectivity index (χ3v) is 6.07. The maximum atomic E-state index is 13.6. The maximum Gasteiger partial charge on any atom is 0.416 e. The number of para-hydroxylation sites is 1. The highest BCUT2D eigenvalue weighted by Gasteiger charge is 2.30. The van der Waals surface area contributed by atoms with Gasteiger partial charge in [0, 0.05) is 6.54 Å². The van der Waals surface area contributed by atoms with Gasteiger partial charge in [0.2, 0.25) is 0 Å². The summed E-state index contributed by atoms with van der Waals surface area (Å²) in [5.74, 6) is 0. The van der Waals surface area contributed by atoms with E-state index in [-0.39, 0.29) is 24.3 Å². The van der Waals surface area contributed by atoms with E-state index in [1.165, 1.54) is 23.0 Å². The zero-order valence-corrected chi connectivity index (χ0v) is 19.2. The predicted molar refractivity (Wildman–Crippen MR) is 130 cm³/mol. The molecular weight excluding hydrogens is 469 g/mol. The Hall–Kier alpha value is -4.40. The Kier molecular flexibility index (Phi) is 5.83. The molecule has 3 aromatic carbocycles. The molecule has 0 atom stereocenters. The van der Waals surface area contributed by atoms with E-state index < -0.39 is 23.0 Å². The molecular formula is C27H21F3N4O2. The predicted octanol–water partition coefficient (Wildman–Crippen LogP) is 4.77. The number of halogens is 3. The van der Waals surface area contributed by atoms with Crippen LogP contribution in [-0.2, 0) is 19.3 Å². The van der Waals surface area contributed by atoms with E-state index in [2.05, 4.69) is 4.98 Å². The summed E-state index contributed by atoms with van der Waals surface area (Å²) in [5, 5.41) is 0. The van der Waals surface area contributed by atoms with Crippen LogP contribution in [0.2, 0.25) is 0 Å². The molecule has 2 aromatic heterocycles. The quantitative estimate of drug-likeness (QED) is 0.357. The van der Waals surface area contributed by atoms with Gasteiger partial charge < -0.3 is 4.57 Å². The summed E-state index contributed by atoms with van der Waals surface area (Å²) >= 11 is 0. The van der Waals surface area contributed by atoms with Gasteiger partial charge in [-0.3, -0.25) is 9.36 Å². The van der Waals surface area contributed by atoms with Crippen molar-refractivity contribution in [2.24, 2.45) is 0 Å². The van der Waals surface area contributed by atoms with Crippen molar-refractivity contribution in [3.63, 3.8) is 0 Å². The van der Waals surface area contributed by atoms with E-state index in [4.69, 9.17) is 0 Å². The van der Waals surface area contributed by atoms with Crippen LogP contribution in [0.25, 0.3) is 16.9 Å². The first-order chi connectivity index (χ1) is 17.2. The zero-order chi connectivity index (χ0) is 25.4. The standard InChI is InChI=1S/C27H21F3N4O2/c1-18-7-5-6-10-22(18)34-24-23(25(35)33(26(34)36)16-19-8-3-2-4-9-19)32(17-31-24)15-20-11-13-21(14-12-20)27(28,29)30/h2-14,17H,15-16H2,1H3. The Morgan fingerprint density at radius 1 is 0.806 bits per heavy atom. The molecule has 0 radical (unpaired) electrons. The van der Waals surface area contributed by atoms with Gasteiger partial charge in [-0.25, -0.2) is 14.3 Å². The van der Waals surface area contributed by atoms with Gasteiger partial charge in [-0.15, -0.1) is 0 Å². The Bertz CT molecular complexity index is 1660. The van der Waals surface area contributed by atoms with E-state index >= 15 is 0 Å². The van der Waals surface area contributed by atoms with Crippen LogP contribution in [0.4, 0.5) is 13.2 Å². The first kappa shape index (κ1) is 23.3. The molecule has 0 fully saturated rings. The molecule has 0 saturated heterocycles. The topological polar surface area (TPSA) is 61.8 Å². The minimum atomic E-state index is -4.44. The first-order valence-corrected chi connectivity index (χ1v) is 11.2. The summed E-state index contributed by atoms with van der Waals surface area (Å²) in [5.41, 5.74) is 1.34. The largest absolute Gasteiger partial charge is 0.416 e. The molecule has 0 aliphatic rings. The van der Waals surface area contributed by atoms with Crippen LogP contribution in [0.3, 0.4) is 0 Å². The lowest BCUT2D eigenvalue weighted by molar-refractivity contribution is -0.137. The molecule has 6 nitrogen and oxygen atoms in total. The van der Waals surface area contributed by atoms with Crippen LogP contribution in [0.5, 0.6) is 0 Å². The minimum Gasteiger partial charge on any atom is -0.320 e. The number of benzene rings is 3. The molecule has 36 heavy (non-hydrogen) atoms. The van der Waals surface area contributed by atoms with Crippen LogP contribution in [0.1, 0.15) is 22.3 Å². The third-order valence-electron chi connectivity index (χ3n) is 6.07. The van der Waals surface area contributed by atoms with Crippen molar-refractivity contribution in [1.29, 1.82) is 0 Å². The maximum absolute atomic E-state index is 13.6. The number of nitrogens with zero attached hydrogens (tertiary/aromatic N) is 4. The van der Waals surface area contributed by atoms with Crippen LogP contribution in [-0.4, -0.2) is 18.7 Å². The van der Waals surface area contributed by atoms with Crippen molar-refractivity contribution in [1.82, 2.24) is 18.7 Å². The highest BCUT2D eigenvalue weighted by molar-refractivity contribution is 5.73. The van der Waals surface area contributed by atoms with E-state index in [0.717, 1.165) is 27.8 Å². The summed E-state index contributed by atoms with van der Waals surface area (Å²) in [6, 6.07) is 21.2. The number of rotatable bonds is 5. The molecule has 5 rings (SSSR count). The number of hydrogen-bond acceptors (Lipinski definition) is 3. The second kappa shape index (κ2) is 8.99. The lowest BCUT2D eigenvalue weighted by atomic mass is 10.1. The number of fused-ring (bicyclic) bond motifs is 1. The molecule has 0 spiro atoms. The average Bonchev–Trinajstić information content (AvgIpc) is 3.26. The summed E-state index contributed by atoms with van der Waals surface area (Å²) in [7, 11) is 0. The van der Waals surface area contributed by atoms with Crippen molar-refractivity contribution >= 4 is 11.2 Å². The molecule has 0 aliphatic heterocycles. The molecule has 0 amide bonds. The lowest BCUT2D eigenvalue weighted by Gasteiger charge is -2.14. The number of imidazole rings is 1. The van der Waals surface area contributed by atoms with Gasteiger partial charge in [0.15, 0.2) is 11.2 Å². The van der Waals surface area contributed by atoms with Crippen LogP contribution in [0.15, 0.2) is 94.8 Å². The van der Waals surface area contributed by atoms with Gasteiger partial charge in [-0.05, 0) is 41.8 Å². The average molecular weight is 490 g/mol. The number of aryl methyl sites for hydroxylation is 1. The summed E-state index contributed by atoms with van der Waals surface area (Å²) in [4.78, 5) is 31.6. The van der Waals surface area contributed by atoms with Gasteiger partial charge in [0.1, 0.15) is 0 Å². The fourth-order valence-corrected chi connectivity index (χ4v) is 4.23. The Morgan fingerprint density at radius 2 is 1.44 bits per heavy atom. The van der Waals surface area contributed by atoms with Crippen LogP contribution < -0.4 is 11.2 Å². The normalized spacial score (nSPS) is 11.8. The molecule has 0 unspecified atom stereocenters. The first-order valence-electron chi connectivity index (χ1n) is 11.2. The molecule has 182 valence electrons. The van der Waals surface area contributed by atoms with Crippen LogP contribution >= 0.6 is 0 Å². The third kappa shape index (κ3) is 4.24. The highest BCUT2D eigenvalue weighted by Crippen LogP contribution is 2.29. The van der Waals surface area contributed by atoms with Crippen molar-refractivity contribution in [2.45, 2.75) is 26.2 Å². The molecule has 9 heteroatoms. The Balaban J connectivity index is 1.70. The summed E-state index contributed by atoms with van der Waals surface area (Å²) in [6.45, 7) is 2.03. The highest BCUT2D eigenvalue weighted by atomic mass is 19.4. The van der Waals surface area contributed by atoms with Gasteiger partial charge in [-0.2, -0.15) is 13.2 Å². The van der Waals surface area contributed by atoms with Gasteiger partial charge in [-0.1, -0.05) is 60.7 Å². The lowest BCUT2D eigenvalue weighted by Crippen LogP contribution is -2.40. The molecule has 0 N–H and O–H groups in total. The number of alkyl halides is 3. The summed E-state index contributed by atoms with van der Waals surface area (Å²) in [6.07, 6.45) is -3.00. The zero-order valence-electron chi connectivity index (χ0n) is 19.2. The van der Waals surface area contributed by atoms with Gasteiger partial charge >= 0.3 is 11.9 Å². The molecule has 0 bridgehead atoms. The molecule has 0 saturated carbocycles.